The summed E-state index contributed by atoms with van der Waals surface area (Å²) in [7, 11) is 0. The van der Waals surface area contributed by atoms with Crippen LogP contribution in [0, 0.1) is 30.4 Å². The lowest BCUT2D eigenvalue weighted by Gasteiger charge is -2.20. The van der Waals surface area contributed by atoms with Gasteiger partial charge >= 0.3 is 0 Å². The van der Waals surface area contributed by atoms with E-state index in [2.05, 4.69) is 52.2 Å². The van der Waals surface area contributed by atoms with Crippen molar-refractivity contribution >= 4 is 11.8 Å². The van der Waals surface area contributed by atoms with Gasteiger partial charge in [0.25, 0.3) is 0 Å². The number of nitriles is 1. The molecule has 0 spiro atoms. The van der Waals surface area contributed by atoms with Crippen LogP contribution in [0.4, 0.5) is 0 Å². The normalized spacial score (nSPS) is 12.2. The zero-order valence-corrected chi connectivity index (χ0v) is 14.0. The second kappa shape index (κ2) is 8.21. The second-order valence-electron chi connectivity index (χ2n) is 5.83. The Morgan fingerprint density at radius 2 is 1.95 bits per heavy atom. The average molecular weight is 291 g/mol. The monoisotopic (exact) mass is 291 g/mol. The summed E-state index contributed by atoms with van der Waals surface area (Å²) < 4.78 is 6.04. The summed E-state index contributed by atoms with van der Waals surface area (Å²) in [5, 5.41) is 10.8. The highest BCUT2D eigenvalue weighted by atomic mass is 32.2. The van der Waals surface area contributed by atoms with Gasteiger partial charge in [0.05, 0.1) is 6.61 Å². The molecule has 0 heterocycles. The Kier molecular flexibility index (Phi) is 6.95. The third kappa shape index (κ3) is 5.09. The van der Waals surface area contributed by atoms with Crippen molar-refractivity contribution in [2.24, 2.45) is 5.92 Å². The highest BCUT2D eigenvalue weighted by molar-refractivity contribution is 8.03. The molecule has 1 atom stereocenters. The maximum absolute atomic E-state index is 8.63. The quantitative estimate of drug-likeness (QED) is 0.521. The number of thiocyanates is 1. The minimum absolute atomic E-state index is 0.414. The lowest BCUT2D eigenvalue weighted by atomic mass is 9.93. The molecule has 0 aromatic heterocycles. The molecule has 0 fully saturated rings. The Bertz CT molecular complexity index is 477. The van der Waals surface area contributed by atoms with E-state index in [1.807, 2.05) is 0 Å². The number of benzene rings is 1. The molecule has 0 radical (unpaired) electrons. The van der Waals surface area contributed by atoms with Crippen molar-refractivity contribution in [3.8, 4) is 11.2 Å². The standard InChI is InChI=1S/C17H25NOS/c1-12(2)10-19-17-15(5)8-13(3)9-16(17)14(4)6-7-20-11-18/h8-9,12,14H,6-7,10H2,1-5H3. The van der Waals surface area contributed by atoms with Crippen LogP contribution in [0.2, 0.25) is 0 Å². The molecule has 0 aliphatic rings. The zero-order valence-electron chi connectivity index (χ0n) is 13.2. The summed E-state index contributed by atoms with van der Waals surface area (Å²) in [5.74, 6) is 2.84. The van der Waals surface area contributed by atoms with Gasteiger partial charge in [-0.2, -0.15) is 5.26 Å². The molecule has 0 N–H and O–H groups in total. The molecule has 1 aromatic carbocycles. The Hall–Kier alpha value is -1.14. The summed E-state index contributed by atoms with van der Waals surface area (Å²) in [6.07, 6.45) is 0.999. The number of rotatable bonds is 7. The fraction of sp³-hybridized carbons (Fsp3) is 0.588. The van der Waals surface area contributed by atoms with Crippen LogP contribution in [0.5, 0.6) is 5.75 Å². The molecule has 110 valence electrons. The lowest BCUT2D eigenvalue weighted by molar-refractivity contribution is 0.265. The molecule has 20 heavy (non-hydrogen) atoms. The summed E-state index contributed by atoms with van der Waals surface area (Å²) in [5.41, 5.74) is 3.76. The number of thioether (sulfide) groups is 1. The van der Waals surface area contributed by atoms with E-state index in [0.717, 1.165) is 24.5 Å². The van der Waals surface area contributed by atoms with Gasteiger partial charge in [0.2, 0.25) is 0 Å². The molecule has 0 aliphatic carbocycles. The maximum atomic E-state index is 8.63. The van der Waals surface area contributed by atoms with Crippen LogP contribution < -0.4 is 4.74 Å². The van der Waals surface area contributed by atoms with E-state index in [1.54, 1.807) is 0 Å². The van der Waals surface area contributed by atoms with Crippen molar-refractivity contribution in [3.05, 3.63) is 28.8 Å². The fourth-order valence-corrected chi connectivity index (χ4v) is 2.80. The van der Waals surface area contributed by atoms with Gasteiger partial charge in [0.15, 0.2) is 0 Å². The van der Waals surface area contributed by atoms with E-state index in [-0.39, 0.29) is 0 Å². The number of ether oxygens (including phenoxy) is 1. The molecule has 2 nitrogen and oxygen atoms in total. The molecule has 0 saturated carbocycles. The van der Waals surface area contributed by atoms with Crippen LogP contribution in [-0.4, -0.2) is 12.4 Å². The van der Waals surface area contributed by atoms with E-state index in [4.69, 9.17) is 10.00 Å². The first kappa shape index (κ1) is 16.9. The molecule has 0 amide bonds. The summed E-state index contributed by atoms with van der Waals surface area (Å²) in [6, 6.07) is 4.40. The molecular weight excluding hydrogens is 266 g/mol. The predicted octanol–water partition coefficient (Wildman–Crippen LogP) is 5.05. The van der Waals surface area contributed by atoms with Crippen molar-refractivity contribution in [2.75, 3.05) is 12.4 Å². The van der Waals surface area contributed by atoms with Crippen LogP contribution in [0.1, 0.15) is 49.8 Å². The number of hydrogen-bond donors (Lipinski definition) is 0. The highest BCUT2D eigenvalue weighted by Gasteiger charge is 2.15. The average Bonchev–Trinajstić information content (AvgIpc) is 2.36. The van der Waals surface area contributed by atoms with Crippen molar-refractivity contribution in [1.29, 1.82) is 5.26 Å². The number of aryl methyl sites for hydroxylation is 2. The number of nitrogens with zero attached hydrogens (tertiary/aromatic N) is 1. The van der Waals surface area contributed by atoms with Crippen molar-refractivity contribution in [3.63, 3.8) is 0 Å². The van der Waals surface area contributed by atoms with Gasteiger partial charge in [0.1, 0.15) is 11.2 Å². The van der Waals surface area contributed by atoms with E-state index >= 15 is 0 Å². The summed E-state index contributed by atoms with van der Waals surface area (Å²) >= 11 is 1.33. The van der Waals surface area contributed by atoms with Crippen molar-refractivity contribution in [1.82, 2.24) is 0 Å². The topological polar surface area (TPSA) is 33.0 Å². The molecule has 0 aliphatic heterocycles. The molecule has 1 rings (SSSR count). The van der Waals surface area contributed by atoms with E-state index in [9.17, 15) is 0 Å². The molecule has 1 unspecified atom stereocenters. The number of hydrogen-bond acceptors (Lipinski definition) is 3. The largest absolute Gasteiger partial charge is 0.493 e. The third-order valence-corrected chi connectivity index (χ3v) is 3.83. The van der Waals surface area contributed by atoms with E-state index in [0.29, 0.717) is 11.8 Å². The van der Waals surface area contributed by atoms with Crippen LogP contribution in [-0.2, 0) is 0 Å². The first-order valence-electron chi connectivity index (χ1n) is 7.20. The Morgan fingerprint density at radius 1 is 1.25 bits per heavy atom. The van der Waals surface area contributed by atoms with Crippen LogP contribution in [0.3, 0.4) is 0 Å². The zero-order chi connectivity index (χ0) is 15.1. The predicted molar refractivity (Wildman–Crippen MR) is 87.4 cm³/mol. The lowest BCUT2D eigenvalue weighted by Crippen LogP contribution is -2.09. The van der Waals surface area contributed by atoms with Crippen molar-refractivity contribution < 1.29 is 4.74 Å². The van der Waals surface area contributed by atoms with Crippen LogP contribution in [0.15, 0.2) is 12.1 Å². The second-order valence-corrected chi connectivity index (χ2v) is 6.71. The summed E-state index contributed by atoms with van der Waals surface area (Å²) in [6.45, 7) is 11.5. The molecule has 1 aromatic rings. The van der Waals surface area contributed by atoms with Gasteiger partial charge in [-0.15, -0.1) is 0 Å². The third-order valence-electron chi connectivity index (χ3n) is 3.26. The van der Waals surface area contributed by atoms with Crippen LogP contribution >= 0.6 is 11.8 Å². The van der Waals surface area contributed by atoms with Gasteiger partial charge in [-0.3, -0.25) is 0 Å². The van der Waals surface area contributed by atoms with Gasteiger partial charge in [-0.05, 0) is 55.0 Å². The molecule has 0 bridgehead atoms. The highest BCUT2D eigenvalue weighted by Crippen LogP contribution is 2.34. The maximum Gasteiger partial charge on any atom is 0.133 e. The van der Waals surface area contributed by atoms with Crippen LogP contribution in [0.25, 0.3) is 0 Å². The molecule has 0 saturated heterocycles. The minimum atomic E-state index is 0.414. The first-order valence-corrected chi connectivity index (χ1v) is 8.19. The Morgan fingerprint density at radius 3 is 2.55 bits per heavy atom. The minimum Gasteiger partial charge on any atom is -0.493 e. The molecule has 3 heteroatoms. The smallest absolute Gasteiger partial charge is 0.133 e. The Labute approximate surface area is 127 Å². The fourth-order valence-electron chi connectivity index (χ4n) is 2.24. The van der Waals surface area contributed by atoms with Gasteiger partial charge in [0, 0.05) is 5.75 Å². The van der Waals surface area contributed by atoms with E-state index in [1.165, 1.54) is 28.5 Å². The SMILES string of the molecule is Cc1cc(C)c(OCC(C)C)c(C(C)CCSC#N)c1. The van der Waals surface area contributed by atoms with Crippen molar-refractivity contribution in [2.45, 2.75) is 47.0 Å². The molecular formula is C17H25NOS. The Balaban J connectivity index is 2.93. The first-order chi connectivity index (χ1) is 9.45. The van der Waals surface area contributed by atoms with E-state index < -0.39 is 0 Å². The van der Waals surface area contributed by atoms with Gasteiger partial charge < -0.3 is 4.74 Å². The summed E-state index contributed by atoms with van der Waals surface area (Å²) in [4.78, 5) is 0. The van der Waals surface area contributed by atoms with Gasteiger partial charge in [-0.1, -0.05) is 38.5 Å². The van der Waals surface area contributed by atoms with Gasteiger partial charge in [-0.25, -0.2) is 0 Å².